The first-order valence-corrected chi connectivity index (χ1v) is 7.79. The van der Waals surface area contributed by atoms with Crippen LogP contribution in [0.4, 0.5) is 5.69 Å². The number of amides is 1. The lowest BCUT2D eigenvalue weighted by Gasteiger charge is -2.20. The van der Waals surface area contributed by atoms with Crippen LogP contribution in [0.5, 0.6) is 0 Å². The molecule has 0 atom stereocenters. The summed E-state index contributed by atoms with van der Waals surface area (Å²) in [5.41, 5.74) is 0.446. The third kappa shape index (κ3) is 5.42. The van der Waals surface area contributed by atoms with Crippen molar-refractivity contribution in [2.45, 2.75) is 44.8 Å². The number of rotatable bonds is 5. The molecular weight excluding hydrogens is 286 g/mol. The number of nitrogens with one attached hydrogen (secondary N) is 1. The van der Waals surface area contributed by atoms with E-state index in [0.717, 1.165) is 0 Å². The molecule has 21 heavy (non-hydrogen) atoms. The Morgan fingerprint density at radius 3 is 2.05 bits per heavy atom. The number of hydrogen-bond donors (Lipinski definition) is 2. The molecule has 0 aliphatic carbocycles. The van der Waals surface area contributed by atoms with Gasteiger partial charge in [0, 0.05) is 10.4 Å². The predicted octanol–water partition coefficient (Wildman–Crippen LogP) is 3.52. The molecule has 0 fully saturated rings. The Morgan fingerprint density at radius 1 is 1.10 bits per heavy atom. The molecule has 0 aliphatic heterocycles. The van der Waals surface area contributed by atoms with Gasteiger partial charge in [-0.25, -0.2) is 0 Å². The minimum Gasteiger partial charge on any atom is -0.481 e. The van der Waals surface area contributed by atoms with Gasteiger partial charge in [0.15, 0.2) is 0 Å². The lowest BCUT2D eigenvalue weighted by molar-refractivity contribution is -0.142. The first-order chi connectivity index (χ1) is 9.52. The largest absolute Gasteiger partial charge is 0.481 e. The van der Waals surface area contributed by atoms with Gasteiger partial charge in [-0.1, -0.05) is 32.9 Å². The summed E-state index contributed by atoms with van der Waals surface area (Å²) in [4.78, 5) is 23.0. The number of thioether (sulfide) groups is 1. The molecule has 0 bridgehead atoms. The number of anilines is 1. The number of benzene rings is 1. The number of aliphatic carboxylic acids is 1. The van der Waals surface area contributed by atoms with Crippen molar-refractivity contribution in [2.75, 3.05) is 11.1 Å². The van der Waals surface area contributed by atoms with Gasteiger partial charge in [-0.05, 0) is 31.5 Å². The van der Waals surface area contributed by atoms with Crippen LogP contribution in [0, 0.1) is 0 Å². The summed E-state index contributed by atoms with van der Waals surface area (Å²) < 4.78 is 0.0483. The lowest BCUT2D eigenvalue weighted by atomic mass is 9.85. The average Bonchev–Trinajstić information content (AvgIpc) is 2.36. The van der Waals surface area contributed by atoms with Crippen LogP contribution < -0.4 is 5.32 Å². The molecule has 0 aromatic heterocycles. The van der Waals surface area contributed by atoms with E-state index in [4.69, 9.17) is 0 Å². The Kier molecular flexibility index (Phi) is 5.45. The van der Waals surface area contributed by atoms with Crippen molar-refractivity contribution in [3.63, 3.8) is 0 Å². The van der Waals surface area contributed by atoms with Crippen molar-refractivity contribution >= 4 is 29.3 Å². The molecule has 116 valence electrons. The van der Waals surface area contributed by atoms with E-state index in [2.05, 4.69) is 26.1 Å². The molecular formula is C16H23NO3S. The molecule has 5 heteroatoms. The summed E-state index contributed by atoms with van der Waals surface area (Å²) in [6, 6.07) is 6.95. The first kappa shape index (κ1) is 17.6. The smallest absolute Gasteiger partial charge is 0.313 e. The van der Waals surface area contributed by atoms with Gasteiger partial charge < -0.3 is 10.4 Å². The minimum absolute atomic E-state index is 0.0483. The standard InChI is InChI=1S/C16H23NO3S/c1-15(2,3)21-10-13(18)17-12-8-6-11(7-9-12)16(4,5)14(19)20/h6-9H,10H2,1-5H3,(H,17,18)(H,19,20). The van der Waals surface area contributed by atoms with Crippen molar-refractivity contribution in [1.82, 2.24) is 0 Å². The second-order valence-corrected chi connectivity index (χ2v) is 8.26. The maximum Gasteiger partial charge on any atom is 0.313 e. The number of carbonyl (C=O) groups excluding carboxylic acids is 1. The van der Waals surface area contributed by atoms with Crippen molar-refractivity contribution in [2.24, 2.45) is 0 Å². The number of carboxylic acid groups (broad SMARTS) is 1. The van der Waals surface area contributed by atoms with Gasteiger partial charge in [-0.15, -0.1) is 11.8 Å². The van der Waals surface area contributed by atoms with Crippen LogP contribution in [0.15, 0.2) is 24.3 Å². The highest BCUT2D eigenvalue weighted by atomic mass is 32.2. The van der Waals surface area contributed by atoms with E-state index in [1.54, 1.807) is 49.9 Å². The lowest BCUT2D eigenvalue weighted by Crippen LogP contribution is -2.28. The quantitative estimate of drug-likeness (QED) is 0.873. The fraction of sp³-hybridized carbons (Fsp3) is 0.500. The predicted molar refractivity (Wildman–Crippen MR) is 87.9 cm³/mol. The van der Waals surface area contributed by atoms with Gasteiger partial charge in [0.05, 0.1) is 11.2 Å². The Morgan fingerprint density at radius 2 is 1.62 bits per heavy atom. The Hall–Kier alpha value is -1.49. The normalized spacial score (nSPS) is 12.0. The second-order valence-electron chi connectivity index (χ2n) is 6.46. The van der Waals surface area contributed by atoms with Gasteiger partial charge >= 0.3 is 5.97 Å². The molecule has 2 N–H and O–H groups in total. The van der Waals surface area contributed by atoms with Crippen LogP contribution in [0.2, 0.25) is 0 Å². The summed E-state index contributed by atoms with van der Waals surface area (Å²) in [7, 11) is 0. The van der Waals surface area contributed by atoms with E-state index in [9.17, 15) is 14.7 Å². The number of carbonyl (C=O) groups is 2. The Bertz CT molecular complexity index is 515. The van der Waals surface area contributed by atoms with Gasteiger partial charge in [0.1, 0.15) is 0 Å². The van der Waals surface area contributed by atoms with Crippen molar-refractivity contribution in [1.29, 1.82) is 0 Å². The average molecular weight is 309 g/mol. The summed E-state index contributed by atoms with van der Waals surface area (Å²) >= 11 is 1.58. The highest BCUT2D eigenvalue weighted by Crippen LogP contribution is 2.25. The monoisotopic (exact) mass is 309 g/mol. The van der Waals surface area contributed by atoms with Crippen LogP contribution in [0.1, 0.15) is 40.2 Å². The fourth-order valence-corrected chi connectivity index (χ4v) is 2.21. The molecule has 0 unspecified atom stereocenters. The Labute approximate surface area is 130 Å². The van der Waals surface area contributed by atoms with Crippen LogP contribution >= 0.6 is 11.8 Å². The molecule has 1 aromatic carbocycles. The summed E-state index contributed by atoms with van der Waals surface area (Å²) in [5, 5.41) is 12.0. The molecule has 0 heterocycles. The fourth-order valence-electron chi connectivity index (χ4n) is 1.57. The Balaban J connectivity index is 2.67. The minimum atomic E-state index is -0.940. The van der Waals surface area contributed by atoms with Crippen molar-refractivity contribution < 1.29 is 14.7 Å². The maximum atomic E-state index is 11.8. The van der Waals surface area contributed by atoms with Crippen LogP contribution in [-0.4, -0.2) is 27.5 Å². The zero-order valence-electron chi connectivity index (χ0n) is 13.2. The molecule has 1 amide bonds. The van der Waals surface area contributed by atoms with E-state index in [1.807, 2.05) is 0 Å². The molecule has 0 saturated heterocycles. The van der Waals surface area contributed by atoms with Gasteiger partial charge in [0.2, 0.25) is 5.91 Å². The van der Waals surface area contributed by atoms with E-state index in [1.165, 1.54) is 0 Å². The third-order valence-corrected chi connectivity index (χ3v) is 4.33. The summed E-state index contributed by atoms with van der Waals surface area (Å²) in [6.07, 6.45) is 0. The van der Waals surface area contributed by atoms with Gasteiger partial charge in [0.25, 0.3) is 0 Å². The van der Waals surface area contributed by atoms with Crippen molar-refractivity contribution in [3.05, 3.63) is 29.8 Å². The van der Waals surface area contributed by atoms with Gasteiger partial charge in [-0.3, -0.25) is 9.59 Å². The highest BCUT2D eigenvalue weighted by molar-refractivity contribution is 8.01. The molecule has 1 rings (SSSR count). The SMILES string of the molecule is CC(C)(C)SCC(=O)Nc1ccc(C(C)(C)C(=O)O)cc1. The van der Waals surface area contributed by atoms with E-state index < -0.39 is 11.4 Å². The van der Waals surface area contributed by atoms with Crippen LogP contribution in [-0.2, 0) is 15.0 Å². The molecule has 1 aromatic rings. The number of hydrogen-bond acceptors (Lipinski definition) is 3. The highest BCUT2D eigenvalue weighted by Gasteiger charge is 2.29. The van der Waals surface area contributed by atoms with Crippen molar-refractivity contribution in [3.8, 4) is 0 Å². The van der Waals surface area contributed by atoms with E-state index in [-0.39, 0.29) is 10.7 Å². The third-order valence-electron chi connectivity index (χ3n) is 3.06. The topological polar surface area (TPSA) is 66.4 Å². The molecule has 4 nitrogen and oxygen atoms in total. The molecule has 0 aliphatic rings. The second kappa shape index (κ2) is 6.52. The molecule has 0 spiro atoms. The molecule has 0 radical (unpaired) electrons. The maximum absolute atomic E-state index is 11.8. The van der Waals surface area contributed by atoms with Crippen LogP contribution in [0.3, 0.4) is 0 Å². The molecule has 0 saturated carbocycles. The first-order valence-electron chi connectivity index (χ1n) is 6.80. The summed E-state index contributed by atoms with van der Waals surface area (Å²) in [6.45, 7) is 9.50. The van der Waals surface area contributed by atoms with E-state index >= 15 is 0 Å². The zero-order valence-corrected chi connectivity index (χ0v) is 14.0. The zero-order chi connectivity index (χ0) is 16.3. The van der Waals surface area contributed by atoms with Gasteiger partial charge in [-0.2, -0.15) is 0 Å². The summed E-state index contributed by atoms with van der Waals surface area (Å²) in [5.74, 6) is -0.535. The number of carboxylic acids is 1. The van der Waals surface area contributed by atoms with E-state index in [0.29, 0.717) is 17.0 Å². The van der Waals surface area contributed by atoms with Crippen LogP contribution in [0.25, 0.3) is 0 Å².